The van der Waals surface area contributed by atoms with Gasteiger partial charge in [-0.2, -0.15) is 4.37 Å². The number of anilines is 2. The molecular weight excluding hydrogens is 256 g/mol. The van der Waals surface area contributed by atoms with Crippen LogP contribution in [0.1, 0.15) is 19.2 Å². The summed E-state index contributed by atoms with van der Waals surface area (Å²) in [7, 11) is 2.12. The van der Waals surface area contributed by atoms with E-state index in [0.717, 1.165) is 36.9 Å². The summed E-state index contributed by atoms with van der Waals surface area (Å²) in [5, 5.41) is 4.25. The van der Waals surface area contributed by atoms with Crippen LogP contribution in [0.25, 0.3) is 0 Å². The molecule has 0 saturated carbocycles. The quantitative estimate of drug-likeness (QED) is 0.789. The van der Waals surface area contributed by atoms with Crippen molar-refractivity contribution < 1.29 is 0 Å². The van der Waals surface area contributed by atoms with Gasteiger partial charge in [0.25, 0.3) is 0 Å². The molecule has 0 spiro atoms. The summed E-state index contributed by atoms with van der Waals surface area (Å²) in [5.41, 5.74) is 1.26. The Hall–Kier alpha value is -1.62. The van der Waals surface area contributed by atoms with Gasteiger partial charge in [-0.1, -0.05) is 25.1 Å². The zero-order valence-electron chi connectivity index (χ0n) is 11.5. The number of benzene rings is 1. The van der Waals surface area contributed by atoms with Gasteiger partial charge in [-0.25, -0.2) is 4.98 Å². The number of nitrogens with zero attached hydrogens (tertiary/aromatic N) is 3. The third kappa shape index (κ3) is 4.21. The van der Waals surface area contributed by atoms with Gasteiger partial charge in [-0.3, -0.25) is 0 Å². The van der Waals surface area contributed by atoms with E-state index in [1.54, 1.807) is 0 Å². The molecule has 4 nitrogen and oxygen atoms in total. The Morgan fingerprint density at radius 3 is 2.74 bits per heavy atom. The highest BCUT2D eigenvalue weighted by atomic mass is 32.1. The van der Waals surface area contributed by atoms with E-state index in [4.69, 9.17) is 0 Å². The van der Waals surface area contributed by atoms with Crippen molar-refractivity contribution in [3.05, 3.63) is 36.2 Å². The van der Waals surface area contributed by atoms with Crippen LogP contribution in [0.4, 0.5) is 10.8 Å². The molecule has 0 atom stereocenters. The van der Waals surface area contributed by atoms with Crippen molar-refractivity contribution in [2.45, 2.75) is 19.8 Å². The largest absolute Gasteiger partial charge is 0.375 e. The molecule has 2 rings (SSSR count). The molecule has 0 aliphatic carbocycles. The molecule has 0 fully saturated rings. The maximum atomic E-state index is 4.39. The van der Waals surface area contributed by atoms with Gasteiger partial charge < -0.3 is 10.2 Å². The summed E-state index contributed by atoms with van der Waals surface area (Å²) < 4.78 is 4.25. The van der Waals surface area contributed by atoms with Gasteiger partial charge in [0.15, 0.2) is 0 Å². The Bertz CT molecular complexity index is 483. The average Bonchev–Trinajstić information content (AvgIpc) is 2.92. The fourth-order valence-electron chi connectivity index (χ4n) is 1.79. The molecule has 1 aromatic carbocycles. The molecule has 0 radical (unpaired) electrons. The molecule has 0 amide bonds. The maximum absolute atomic E-state index is 4.39. The molecule has 19 heavy (non-hydrogen) atoms. The smallest absolute Gasteiger partial charge is 0.202 e. The number of nitrogens with one attached hydrogen (secondary N) is 1. The summed E-state index contributed by atoms with van der Waals surface area (Å²) in [4.78, 5) is 6.65. The number of rotatable bonds is 7. The predicted octanol–water partition coefficient (Wildman–Crippen LogP) is 3.04. The van der Waals surface area contributed by atoms with Crippen molar-refractivity contribution in [1.29, 1.82) is 0 Å². The lowest BCUT2D eigenvalue weighted by Crippen LogP contribution is -2.20. The third-order valence-corrected chi connectivity index (χ3v) is 3.64. The molecule has 0 bridgehead atoms. The molecule has 0 unspecified atom stereocenters. The third-order valence-electron chi connectivity index (χ3n) is 2.93. The van der Waals surface area contributed by atoms with E-state index in [1.807, 2.05) is 6.07 Å². The van der Waals surface area contributed by atoms with Crippen LogP contribution >= 0.6 is 11.5 Å². The first-order valence-corrected chi connectivity index (χ1v) is 7.39. The molecule has 0 aliphatic heterocycles. The van der Waals surface area contributed by atoms with E-state index in [2.05, 4.69) is 57.8 Å². The minimum atomic E-state index is 0.898. The molecule has 1 heterocycles. The fourth-order valence-corrected chi connectivity index (χ4v) is 2.47. The standard InChI is InChI=1S/C14H20N4S/c1-3-13-16-14(19-17-13)15-10-7-11-18(2)12-8-5-4-6-9-12/h4-6,8-9H,3,7,10-11H2,1-2H3,(H,15,16,17). The highest BCUT2D eigenvalue weighted by Gasteiger charge is 2.02. The molecule has 102 valence electrons. The van der Waals surface area contributed by atoms with E-state index in [0.29, 0.717) is 0 Å². The van der Waals surface area contributed by atoms with Gasteiger partial charge in [0.05, 0.1) is 0 Å². The van der Waals surface area contributed by atoms with Crippen molar-refractivity contribution in [2.24, 2.45) is 0 Å². The molecule has 2 aromatic rings. The van der Waals surface area contributed by atoms with Gasteiger partial charge in [-0.05, 0) is 18.6 Å². The first-order valence-electron chi connectivity index (χ1n) is 6.62. The summed E-state index contributed by atoms with van der Waals surface area (Å²) in [6.45, 7) is 4.02. The first-order chi connectivity index (χ1) is 9.29. The van der Waals surface area contributed by atoms with Gasteiger partial charge in [0.2, 0.25) is 5.13 Å². The van der Waals surface area contributed by atoms with Crippen LogP contribution in [0.2, 0.25) is 0 Å². The minimum Gasteiger partial charge on any atom is -0.375 e. The van der Waals surface area contributed by atoms with Crippen molar-refractivity contribution in [3.8, 4) is 0 Å². The second-order valence-corrected chi connectivity index (χ2v) is 5.16. The van der Waals surface area contributed by atoms with Crippen LogP contribution in [0, 0.1) is 0 Å². The molecular formula is C14H20N4S. The van der Waals surface area contributed by atoms with Crippen LogP contribution < -0.4 is 10.2 Å². The van der Waals surface area contributed by atoms with Crippen LogP contribution in [-0.4, -0.2) is 29.5 Å². The number of hydrogen-bond acceptors (Lipinski definition) is 5. The Kier molecular flexibility index (Phi) is 5.15. The number of para-hydroxylation sites is 1. The summed E-state index contributed by atoms with van der Waals surface area (Å²) in [6.07, 6.45) is 1.97. The maximum Gasteiger partial charge on any atom is 0.202 e. The lowest BCUT2D eigenvalue weighted by Gasteiger charge is -2.18. The Balaban J connectivity index is 1.69. The Labute approximate surface area is 118 Å². The van der Waals surface area contributed by atoms with E-state index >= 15 is 0 Å². The molecule has 0 aliphatic rings. The Morgan fingerprint density at radius 1 is 1.26 bits per heavy atom. The van der Waals surface area contributed by atoms with Crippen molar-refractivity contribution in [1.82, 2.24) is 9.36 Å². The van der Waals surface area contributed by atoms with E-state index in [1.165, 1.54) is 17.2 Å². The predicted molar refractivity (Wildman–Crippen MR) is 82.1 cm³/mol. The molecule has 1 aromatic heterocycles. The van der Waals surface area contributed by atoms with Gasteiger partial charge in [-0.15, -0.1) is 0 Å². The van der Waals surface area contributed by atoms with Crippen molar-refractivity contribution in [2.75, 3.05) is 30.4 Å². The fraction of sp³-hybridized carbons (Fsp3) is 0.429. The van der Waals surface area contributed by atoms with Crippen LogP contribution in [0.3, 0.4) is 0 Å². The van der Waals surface area contributed by atoms with Crippen molar-refractivity contribution in [3.63, 3.8) is 0 Å². The Morgan fingerprint density at radius 2 is 2.05 bits per heavy atom. The van der Waals surface area contributed by atoms with Gasteiger partial charge in [0, 0.05) is 43.8 Å². The lowest BCUT2D eigenvalue weighted by atomic mass is 10.3. The average molecular weight is 276 g/mol. The van der Waals surface area contributed by atoms with E-state index in [9.17, 15) is 0 Å². The SMILES string of the molecule is CCc1nsc(NCCCN(C)c2ccccc2)n1. The van der Waals surface area contributed by atoms with Crippen LogP contribution in [0.15, 0.2) is 30.3 Å². The summed E-state index contributed by atoms with van der Waals surface area (Å²) in [5.74, 6) is 0.925. The number of aromatic nitrogens is 2. The second-order valence-electron chi connectivity index (χ2n) is 4.41. The van der Waals surface area contributed by atoms with Crippen LogP contribution in [0.5, 0.6) is 0 Å². The zero-order valence-corrected chi connectivity index (χ0v) is 12.3. The zero-order chi connectivity index (χ0) is 13.5. The molecule has 5 heteroatoms. The van der Waals surface area contributed by atoms with Gasteiger partial charge in [0.1, 0.15) is 5.82 Å². The summed E-state index contributed by atoms with van der Waals surface area (Å²) in [6, 6.07) is 10.4. The monoisotopic (exact) mass is 276 g/mol. The molecule has 1 N–H and O–H groups in total. The normalized spacial score (nSPS) is 10.4. The van der Waals surface area contributed by atoms with Gasteiger partial charge >= 0.3 is 0 Å². The highest BCUT2D eigenvalue weighted by Crippen LogP contribution is 2.13. The second kappa shape index (κ2) is 7.09. The first kappa shape index (κ1) is 13.8. The van der Waals surface area contributed by atoms with Crippen LogP contribution in [-0.2, 0) is 6.42 Å². The number of hydrogen-bond donors (Lipinski definition) is 1. The number of aryl methyl sites for hydroxylation is 1. The highest BCUT2D eigenvalue weighted by molar-refractivity contribution is 7.09. The van der Waals surface area contributed by atoms with E-state index in [-0.39, 0.29) is 0 Å². The van der Waals surface area contributed by atoms with E-state index < -0.39 is 0 Å². The summed E-state index contributed by atoms with van der Waals surface area (Å²) >= 11 is 1.44. The topological polar surface area (TPSA) is 41.1 Å². The molecule has 0 saturated heterocycles. The lowest BCUT2D eigenvalue weighted by molar-refractivity contribution is 0.815. The minimum absolute atomic E-state index is 0.898. The van der Waals surface area contributed by atoms with Crippen molar-refractivity contribution >= 4 is 22.4 Å².